The molecule has 74 valence electrons. The molecule has 0 aliphatic rings. The van der Waals surface area contributed by atoms with E-state index < -0.39 is 0 Å². The van der Waals surface area contributed by atoms with Gasteiger partial charge < -0.3 is 4.74 Å². The molecule has 0 saturated heterocycles. The minimum atomic E-state index is -0.00671. The predicted octanol–water partition coefficient (Wildman–Crippen LogP) is 1.92. The number of hydrogen-bond acceptors (Lipinski definition) is 3. The summed E-state index contributed by atoms with van der Waals surface area (Å²) in [5.74, 6) is 0.783. The van der Waals surface area contributed by atoms with Crippen molar-refractivity contribution < 1.29 is 4.74 Å². The predicted molar refractivity (Wildman–Crippen MR) is 50.3 cm³/mol. The summed E-state index contributed by atoms with van der Waals surface area (Å²) in [4.78, 5) is 4.04. The topological polar surface area (TPSA) is 39.9 Å². The Morgan fingerprint density at radius 2 is 2.38 bits per heavy atom. The Hall–Kier alpha value is -0.900. The first-order valence-electron chi connectivity index (χ1n) is 4.73. The smallest absolute Gasteiger partial charge is 0.149 e. The molecule has 0 fully saturated rings. The number of aryl methyl sites for hydroxylation is 1. The van der Waals surface area contributed by atoms with Crippen LogP contribution >= 0.6 is 0 Å². The van der Waals surface area contributed by atoms with Gasteiger partial charge in [0.2, 0.25) is 0 Å². The van der Waals surface area contributed by atoms with E-state index in [0.717, 1.165) is 25.3 Å². The van der Waals surface area contributed by atoms with Crippen LogP contribution in [-0.4, -0.2) is 21.4 Å². The molecule has 0 N–H and O–H groups in total. The van der Waals surface area contributed by atoms with Crippen LogP contribution < -0.4 is 0 Å². The summed E-state index contributed by atoms with van der Waals surface area (Å²) < 4.78 is 7.28. The molecule has 0 aliphatic heterocycles. The van der Waals surface area contributed by atoms with Crippen LogP contribution in [0.5, 0.6) is 0 Å². The van der Waals surface area contributed by atoms with Gasteiger partial charge in [-0.3, -0.25) is 0 Å². The van der Waals surface area contributed by atoms with Crippen LogP contribution in [-0.2, 0) is 4.74 Å². The van der Waals surface area contributed by atoms with E-state index in [9.17, 15) is 0 Å². The van der Waals surface area contributed by atoms with Gasteiger partial charge in [0.15, 0.2) is 0 Å². The molecule has 0 amide bonds. The lowest BCUT2D eigenvalue weighted by atomic mass is 10.4. The molecular formula is C9H17N3O. The normalized spacial score (nSPS) is 13.2. The van der Waals surface area contributed by atoms with Crippen molar-refractivity contribution in [3.05, 3.63) is 12.2 Å². The van der Waals surface area contributed by atoms with E-state index >= 15 is 0 Å². The van der Waals surface area contributed by atoms with Crippen molar-refractivity contribution in [3.63, 3.8) is 0 Å². The van der Waals surface area contributed by atoms with Crippen molar-refractivity contribution in [2.75, 3.05) is 6.61 Å². The lowest BCUT2D eigenvalue weighted by Crippen LogP contribution is -2.10. The molecule has 1 aromatic rings. The Morgan fingerprint density at radius 1 is 1.62 bits per heavy atom. The first-order valence-corrected chi connectivity index (χ1v) is 4.73. The average Bonchev–Trinajstić information content (AvgIpc) is 2.52. The molecule has 1 heterocycles. The Labute approximate surface area is 78.9 Å². The van der Waals surface area contributed by atoms with Crippen molar-refractivity contribution in [2.24, 2.45) is 0 Å². The molecule has 1 aromatic heterocycles. The highest BCUT2D eigenvalue weighted by Crippen LogP contribution is 2.06. The molecule has 0 aromatic carbocycles. The summed E-state index contributed by atoms with van der Waals surface area (Å²) in [5.41, 5.74) is 0. The third-order valence-electron chi connectivity index (χ3n) is 1.85. The molecule has 1 atom stereocenters. The Kier molecular flexibility index (Phi) is 3.89. The number of aromatic nitrogens is 3. The molecule has 1 rings (SSSR count). The van der Waals surface area contributed by atoms with Gasteiger partial charge in [-0.15, -0.1) is 0 Å². The fourth-order valence-electron chi connectivity index (χ4n) is 1.01. The van der Waals surface area contributed by atoms with Crippen molar-refractivity contribution in [1.82, 2.24) is 14.8 Å². The Balaban J connectivity index is 2.35. The van der Waals surface area contributed by atoms with Gasteiger partial charge in [-0.2, -0.15) is 5.10 Å². The fourth-order valence-corrected chi connectivity index (χ4v) is 1.01. The van der Waals surface area contributed by atoms with Gasteiger partial charge in [0.1, 0.15) is 18.4 Å². The molecule has 1 unspecified atom stereocenters. The SMILES string of the molecule is CCCCOC(C)n1cnc(C)n1. The largest absolute Gasteiger partial charge is 0.357 e. The second kappa shape index (κ2) is 4.97. The Morgan fingerprint density at radius 3 is 2.92 bits per heavy atom. The summed E-state index contributed by atoms with van der Waals surface area (Å²) in [5, 5.41) is 4.17. The molecule has 0 spiro atoms. The highest BCUT2D eigenvalue weighted by atomic mass is 16.5. The summed E-state index contributed by atoms with van der Waals surface area (Å²) in [6.45, 7) is 6.78. The van der Waals surface area contributed by atoms with Crippen molar-refractivity contribution in [2.45, 2.75) is 39.8 Å². The van der Waals surface area contributed by atoms with Crippen molar-refractivity contribution in [1.29, 1.82) is 0 Å². The number of nitrogens with zero attached hydrogens (tertiary/aromatic N) is 3. The first-order chi connectivity index (χ1) is 6.24. The number of unbranched alkanes of at least 4 members (excludes halogenated alkanes) is 1. The van der Waals surface area contributed by atoms with Crippen LogP contribution in [0.4, 0.5) is 0 Å². The summed E-state index contributed by atoms with van der Waals surface area (Å²) in [6.07, 6.45) is 3.94. The van der Waals surface area contributed by atoms with E-state index in [1.54, 1.807) is 11.0 Å². The summed E-state index contributed by atoms with van der Waals surface area (Å²) in [7, 11) is 0. The maximum absolute atomic E-state index is 5.54. The van der Waals surface area contributed by atoms with Crippen LogP contribution in [0.25, 0.3) is 0 Å². The van der Waals surface area contributed by atoms with Crippen molar-refractivity contribution >= 4 is 0 Å². The zero-order valence-electron chi connectivity index (χ0n) is 8.53. The van der Waals surface area contributed by atoms with Crippen LogP contribution in [0, 0.1) is 6.92 Å². The van der Waals surface area contributed by atoms with Gasteiger partial charge in [0.25, 0.3) is 0 Å². The number of ether oxygens (including phenoxy) is 1. The van der Waals surface area contributed by atoms with Gasteiger partial charge >= 0.3 is 0 Å². The molecule has 0 bridgehead atoms. The monoisotopic (exact) mass is 183 g/mol. The molecule has 0 radical (unpaired) electrons. The number of rotatable bonds is 5. The van der Waals surface area contributed by atoms with Gasteiger partial charge in [-0.1, -0.05) is 13.3 Å². The van der Waals surface area contributed by atoms with Crippen LogP contribution in [0.2, 0.25) is 0 Å². The fraction of sp³-hybridized carbons (Fsp3) is 0.778. The minimum absolute atomic E-state index is 0.00671. The lowest BCUT2D eigenvalue weighted by Gasteiger charge is -2.11. The van der Waals surface area contributed by atoms with E-state index in [2.05, 4.69) is 17.0 Å². The Bertz CT molecular complexity index is 247. The molecule has 0 aliphatic carbocycles. The number of hydrogen-bond donors (Lipinski definition) is 0. The van der Waals surface area contributed by atoms with Gasteiger partial charge in [-0.25, -0.2) is 9.67 Å². The quantitative estimate of drug-likeness (QED) is 0.655. The van der Waals surface area contributed by atoms with Crippen LogP contribution in [0.1, 0.15) is 38.7 Å². The highest BCUT2D eigenvalue weighted by Gasteiger charge is 2.04. The standard InChI is InChI=1S/C9H17N3O/c1-4-5-6-13-9(3)12-7-10-8(2)11-12/h7,9H,4-6H2,1-3H3. The van der Waals surface area contributed by atoms with Gasteiger partial charge in [0.05, 0.1) is 0 Å². The average molecular weight is 183 g/mol. The lowest BCUT2D eigenvalue weighted by molar-refractivity contribution is 0.00601. The van der Waals surface area contributed by atoms with Gasteiger partial charge in [-0.05, 0) is 20.3 Å². The van der Waals surface area contributed by atoms with E-state index in [4.69, 9.17) is 4.74 Å². The maximum Gasteiger partial charge on any atom is 0.149 e. The second-order valence-corrected chi connectivity index (χ2v) is 3.10. The van der Waals surface area contributed by atoms with Crippen LogP contribution in [0.15, 0.2) is 6.33 Å². The minimum Gasteiger partial charge on any atom is -0.357 e. The molecule has 13 heavy (non-hydrogen) atoms. The van der Waals surface area contributed by atoms with E-state index in [1.165, 1.54) is 0 Å². The third kappa shape index (κ3) is 3.14. The zero-order chi connectivity index (χ0) is 9.68. The summed E-state index contributed by atoms with van der Waals surface area (Å²) in [6, 6.07) is 0. The molecular weight excluding hydrogens is 166 g/mol. The third-order valence-corrected chi connectivity index (χ3v) is 1.85. The van der Waals surface area contributed by atoms with Gasteiger partial charge in [0, 0.05) is 6.61 Å². The van der Waals surface area contributed by atoms with E-state index in [-0.39, 0.29) is 6.23 Å². The summed E-state index contributed by atoms with van der Waals surface area (Å²) >= 11 is 0. The van der Waals surface area contributed by atoms with E-state index in [1.807, 2.05) is 13.8 Å². The van der Waals surface area contributed by atoms with Crippen molar-refractivity contribution in [3.8, 4) is 0 Å². The molecule has 0 saturated carbocycles. The van der Waals surface area contributed by atoms with Crippen LogP contribution in [0.3, 0.4) is 0 Å². The van der Waals surface area contributed by atoms with E-state index in [0.29, 0.717) is 0 Å². The highest BCUT2D eigenvalue weighted by molar-refractivity contribution is 4.75. The maximum atomic E-state index is 5.54. The second-order valence-electron chi connectivity index (χ2n) is 3.10. The molecule has 4 heteroatoms. The molecule has 4 nitrogen and oxygen atoms in total. The first kappa shape index (κ1) is 10.2. The zero-order valence-corrected chi connectivity index (χ0v) is 8.53.